The molecule has 154 valence electrons. The minimum absolute atomic E-state index is 0. The smallest absolute Gasteiger partial charge is 0.550 e. The van der Waals surface area contributed by atoms with Gasteiger partial charge in [-0.05, 0) is 44.9 Å². The van der Waals surface area contributed by atoms with Crippen molar-refractivity contribution in [2.75, 3.05) is 0 Å². The van der Waals surface area contributed by atoms with Gasteiger partial charge in [0, 0.05) is 19.4 Å². The number of H-pyrrole nitrogens is 1. The molecule has 0 aromatic carbocycles. The molecule has 0 atom stereocenters. The second-order valence-electron chi connectivity index (χ2n) is 7.31. The minimum atomic E-state index is -0.931. The Labute approximate surface area is 191 Å². The number of nitrogens with zero attached hydrogens (tertiary/aromatic N) is 2. The van der Waals surface area contributed by atoms with E-state index in [1.165, 1.54) is 51.4 Å². The number of unbranched alkanes of at least 4 members (excludes halogenated alkanes) is 11. The van der Waals surface area contributed by atoms with E-state index in [0.29, 0.717) is 0 Å². The van der Waals surface area contributed by atoms with Gasteiger partial charge in [0.2, 0.25) is 0 Å². The molecule has 0 unspecified atom stereocenters. The SMILES string of the molecule is Cn1c(CCCCCCCC/C=C\CCCCCCCC(=O)[O-])n[nH]c1=O.[Na+]. The van der Waals surface area contributed by atoms with Gasteiger partial charge in [0.15, 0.2) is 0 Å². The summed E-state index contributed by atoms with van der Waals surface area (Å²) in [5.41, 5.74) is -0.133. The van der Waals surface area contributed by atoms with E-state index in [0.717, 1.165) is 44.3 Å². The summed E-state index contributed by atoms with van der Waals surface area (Å²) in [5.74, 6) is -0.0808. The molecule has 0 saturated carbocycles. The van der Waals surface area contributed by atoms with Crippen LogP contribution in [-0.4, -0.2) is 20.7 Å². The van der Waals surface area contributed by atoms with Gasteiger partial charge in [0.1, 0.15) is 5.82 Å². The number of hydrogen-bond acceptors (Lipinski definition) is 4. The number of carboxylic acids is 1. The Kier molecular flexibility index (Phi) is 17.6. The standard InChI is InChI=1S/C21H37N3O3.Na/c1-24-19(22-23-21(24)27)17-15-13-11-9-7-5-3-2-4-6-8-10-12-14-16-18-20(25)26;/h2,4H,3,5-18H2,1H3,(H,23,27)(H,25,26);/q;+1/p-1/b4-2-;. The zero-order valence-electron chi connectivity index (χ0n) is 17.9. The van der Waals surface area contributed by atoms with Gasteiger partial charge in [-0.3, -0.25) is 4.57 Å². The Hall–Kier alpha value is -0.850. The number of aryl methyl sites for hydroxylation is 1. The fourth-order valence-corrected chi connectivity index (χ4v) is 3.15. The van der Waals surface area contributed by atoms with Crippen LogP contribution in [0.2, 0.25) is 0 Å². The summed E-state index contributed by atoms with van der Waals surface area (Å²) < 4.78 is 1.59. The fourth-order valence-electron chi connectivity index (χ4n) is 3.15. The molecule has 1 aromatic heterocycles. The van der Waals surface area contributed by atoms with Crippen LogP contribution in [-0.2, 0) is 18.3 Å². The molecule has 0 fully saturated rings. The van der Waals surface area contributed by atoms with Crippen LogP contribution in [0, 0.1) is 0 Å². The summed E-state index contributed by atoms with van der Waals surface area (Å²) in [5, 5.41) is 16.8. The van der Waals surface area contributed by atoms with Crippen LogP contribution in [0.5, 0.6) is 0 Å². The van der Waals surface area contributed by atoms with Gasteiger partial charge >= 0.3 is 35.2 Å². The van der Waals surface area contributed by atoms with Gasteiger partial charge in [0.05, 0.1) is 0 Å². The molecule has 1 rings (SSSR count). The van der Waals surface area contributed by atoms with Gasteiger partial charge in [-0.1, -0.05) is 57.1 Å². The summed E-state index contributed by atoms with van der Waals surface area (Å²) in [7, 11) is 1.76. The van der Waals surface area contributed by atoms with E-state index in [1.54, 1.807) is 11.6 Å². The maximum atomic E-state index is 11.3. The fraction of sp³-hybridized carbons (Fsp3) is 0.762. The number of allylic oxidation sites excluding steroid dienone is 2. The molecule has 0 aliphatic carbocycles. The molecule has 6 nitrogen and oxygen atoms in total. The summed E-state index contributed by atoms with van der Waals surface area (Å²) in [6, 6.07) is 0. The Morgan fingerprint density at radius 3 is 1.93 bits per heavy atom. The molecule has 0 aliphatic rings. The largest absolute Gasteiger partial charge is 1.00 e. The first-order valence-electron chi connectivity index (χ1n) is 10.6. The monoisotopic (exact) mass is 401 g/mol. The van der Waals surface area contributed by atoms with Crippen molar-refractivity contribution >= 4 is 5.97 Å². The number of hydrogen-bond donors (Lipinski definition) is 1. The van der Waals surface area contributed by atoms with Crippen LogP contribution in [0.1, 0.15) is 95.7 Å². The van der Waals surface area contributed by atoms with Crippen molar-refractivity contribution in [3.05, 3.63) is 28.5 Å². The number of rotatable bonds is 17. The molecule has 0 spiro atoms. The van der Waals surface area contributed by atoms with E-state index in [2.05, 4.69) is 22.3 Å². The second-order valence-corrected chi connectivity index (χ2v) is 7.31. The predicted molar refractivity (Wildman–Crippen MR) is 106 cm³/mol. The van der Waals surface area contributed by atoms with Gasteiger partial charge < -0.3 is 9.90 Å². The van der Waals surface area contributed by atoms with Gasteiger partial charge in [-0.15, -0.1) is 0 Å². The van der Waals surface area contributed by atoms with Crippen molar-refractivity contribution in [2.24, 2.45) is 7.05 Å². The quantitative estimate of drug-likeness (QED) is 0.233. The predicted octanol–water partition coefficient (Wildman–Crippen LogP) is 0.422. The Balaban J connectivity index is 0.00000729. The molecular formula is C21H36N3NaO3. The zero-order valence-corrected chi connectivity index (χ0v) is 19.9. The van der Waals surface area contributed by atoms with E-state index in [4.69, 9.17) is 0 Å². The third-order valence-electron chi connectivity index (χ3n) is 4.91. The van der Waals surface area contributed by atoms with Gasteiger partial charge in [-0.2, -0.15) is 5.10 Å². The van der Waals surface area contributed by atoms with Crippen LogP contribution in [0.15, 0.2) is 16.9 Å². The maximum absolute atomic E-state index is 11.3. The molecular weight excluding hydrogens is 365 g/mol. The normalized spacial score (nSPS) is 11.0. The third-order valence-corrected chi connectivity index (χ3v) is 4.91. The minimum Gasteiger partial charge on any atom is -0.550 e. The molecule has 0 bridgehead atoms. The van der Waals surface area contributed by atoms with Crippen LogP contribution >= 0.6 is 0 Å². The molecule has 0 aliphatic heterocycles. The first kappa shape index (κ1) is 27.1. The Morgan fingerprint density at radius 1 is 0.929 bits per heavy atom. The van der Waals surface area contributed by atoms with E-state index in [1.807, 2.05) is 0 Å². The van der Waals surface area contributed by atoms with Crippen LogP contribution in [0.3, 0.4) is 0 Å². The van der Waals surface area contributed by atoms with Crippen molar-refractivity contribution in [2.45, 2.75) is 96.3 Å². The first-order chi connectivity index (χ1) is 13.1. The average Bonchev–Trinajstić information content (AvgIpc) is 2.96. The zero-order chi connectivity index (χ0) is 19.7. The number of nitrogens with one attached hydrogen (secondary N) is 1. The molecule has 0 amide bonds. The van der Waals surface area contributed by atoms with Crippen LogP contribution in [0.4, 0.5) is 0 Å². The first-order valence-corrected chi connectivity index (χ1v) is 10.6. The number of aromatic nitrogens is 3. The van der Waals surface area contributed by atoms with Crippen LogP contribution < -0.4 is 40.4 Å². The second kappa shape index (κ2) is 18.2. The molecule has 28 heavy (non-hydrogen) atoms. The summed E-state index contributed by atoms with van der Waals surface area (Å²) in [6.07, 6.45) is 20.6. The van der Waals surface area contributed by atoms with Crippen molar-refractivity contribution in [1.29, 1.82) is 0 Å². The van der Waals surface area contributed by atoms with E-state index in [9.17, 15) is 14.7 Å². The van der Waals surface area contributed by atoms with Crippen molar-refractivity contribution in [3.63, 3.8) is 0 Å². The number of aromatic amines is 1. The topological polar surface area (TPSA) is 90.8 Å². The van der Waals surface area contributed by atoms with Crippen LogP contribution in [0.25, 0.3) is 0 Å². The third kappa shape index (κ3) is 14.2. The number of carbonyl (C=O) groups excluding carboxylic acids is 1. The van der Waals surface area contributed by atoms with Crippen molar-refractivity contribution in [1.82, 2.24) is 14.8 Å². The molecule has 0 radical (unpaired) electrons. The Morgan fingerprint density at radius 2 is 1.43 bits per heavy atom. The molecule has 7 heteroatoms. The van der Waals surface area contributed by atoms with Crippen molar-refractivity contribution in [3.8, 4) is 0 Å². The van der Waals surface area contributed by atoms with E-state index >= 15 is 0 Å². The van der Waals surface area contributed by atoms with E-state index in [-0.39, 0.29) is 41.7 Å². The summed E-state index contributed by atoms with van der Waals surface area (Å²) >= 11 is 0. The molecule has 1 aromatic rings. The van der Waals surface area contributed by atoms with Gasteiger partial charge in [-0.25, -0.2) is 9.89 Å². The molecule has 1 N–H and O–H groups in total. The number of aliphatic carboxylic acids is 1. The Bertz CT molecular complexity index is 596. The molecule has 0 saturated heterocycles. The summed E-state index contributed by atoms with van der Waals surface area (Å²) in [4.78, 5) is 21.5. The summed E-state index contributed by atoms with van der Waals surface area (Å²) in [6.45, 7) is 0. The molecule has 1 heterocycles. The maximum Gasteiger partial charge on any atom is 1.00 e. The van der Waals surface area contributed by atoms with Gasteiger partial charge in [0.25, 0.3) is 0 Å². The average molecular weight is 402 g/mol. The number of carbonyl (C=O) groups is 1. The van der Waals surface area contributed by atoms with E-state index < -0.39 is 5.97 Å². The van der Waals surface area contributed by atoms with Crippen molar-refractivity contribution < 1.29 is 39.5 Å². The number of carboxylic acid groups (broad SMARTS) is 1.